The van der Waals surface area contributed by atoms with Crippen LogP contribution in [0.1, 0.15) is 22.3 Å². The highest BCUT2D eigenvalue weighted by atomic mass is 32.2. The third kappa shape index (κ3) is 2.99. The molecule has 1 N–H and O–H groups in total. The molecule has 106 valence electrons. The summed E-state index contributed by atoms with van der Waals surface area (Å²) < 4.78 is 27.3. The fourth-order valence-corrected chi connectivity index (χ4v) is 3.27. The van der Waals surface area contributed by atoms with Crippen molar-refractivity contribution in [1.29, 1.82) is 0 Å². The minimum Gasteiger partial charge on any atom is -0.263 e. The summed E-state index contributed by atoms with van der Waals surface area (Å²) in [5.41, 5.74) is 3.74. The van der Waals surface area contributed by atoms with Gasteiger partial charge in [-0.3, -0.25) is 4.72 Å². The minimum absolute atomic E-state index is 0.294. The smallest absolute Gasteiger partial charge is 0.263 e. The molecular formula is C15H18N2O2S. The number of pyridine rings is 1. The number of nitrogens with one attached hydrogen (secondary N) is 1. The summed E-state index contributed by atoms with van der Waals surface area (Å²) in [6.07, 6.45) is 1.63. The summed E-state index contributed by atoms with van der Waals surface area (Å²) in [6, 6.07) is 7.05. The normalized spacial score (nSPS) is 11.4. The summed E-state index contributed by atoms with van der Waals surface area (Å²) in [4.78, 5) is 4.36. The second-order valence-corrected chi connectivity index (χ2v) is 6.68. The van der Waals surface area contributed by atoms with Crippen LogP contribution in [0.25, 0.3) is 0 Å². The molecule has 0 amide bonds. The van der Waals surface area contributed by atoms with Crippen molar-refractivity contribution in [3.8, 4) is 0 Å². The molecule has 4 nitrogen and oxygen atoms in total. The van der Waals surface area contributed by atoms with Gasteiger partial charge in [0.15, 0.2) is 0 Å². The molecule has 0 unspecified atom stereocenters. The maximum absolute atomic E-state index is 12.4. The van der Waals surface area contributed by atoms with Crippen molar-refractivity contribution in [2.24, 2.45) is 0 Å². The lowest BCUT2D eigenvalue weighted by Gasteiger charge is -2.12. The van der Waals surface area contributed by atoms with Gasteiger partial charge in [0, 0.05) is 6.20 Å². The van der Waals surface area contributed by atoms with Crippen molar-refractivity contribution in [3.05, 3.63) is 52.7 Å². The molecule has 1 aromatic carbocycles. The number of sulfonamides is 1. The van der Waals surface area contributed by atoms with E-state index in [0.29, 0.717) is 10.7 Å². The van der Waals surface area contributed by atoms with Gasteiger partial charge in [0.2, 0.25) is 0 Å². The number of anilines is 1. The quantitative estimate of drug-likeness (QED) is 0.945. The summed E-state index contributed by atoms with van der Waals surface area (Å²) in [7, 11) is -3.61. The third-order valence-electron chi connectivity index (χ3n) is 3.23. The van der Waals surface area contributed by atoms with Crippen LogP contribution >= 0.6 is 0 Å². The monoisotopic (exact) mass is 290 g/mol. The van der Waals surface area contributed by atoms with Gasteiger partial charge in [0.1, 0.15) is 5.82 Å². The van der Waals surface area contributed by atoms with E-state index >= 15 is 0 Å². The number of aryl methyl sites for hydroxylation is 4. The third-order valence-corrected chi connectivity index (χ3v) is 4.73. The summed E-state index contributed by atoms with van der Waals surface area (Å²) in [6.45, 7) is 7.56. The molecule has 0 aliphatic carbocycles. The first-order valence-electron chi connectivity index (χ1n) is 6.33. The van der Waals surface area contributed by atoms with Gasteiger partial charge in [-0.25, -0.2) is 13.4 Å². The highest BCUT2D eigenvalue weighted by Gasteiger charge is 2.18. The first-order chi connectivity index (χ1) is 9.29. The van der Waals surface area contributed by atoms with E-state index in [2.05, 4.69) is 9.71 Å². The molecule has 0 fully saturated rings. The molecule has 1 heterocycles. The topological polar surface area (TPSA) is 59.1 Å². The lowest BCUT2D eigenvalue weighted by Crippen LogP contribution is -2.15. The average Bonchev–Trinajstić information content (AvgIpc) is 2.36. The number of rotatable bonds is 3. The highest BCUT2D eigenvalue weighted by molar-refractivity contribution is 7.92. The van der Waals surface area contributed by atoms with E-state index < -0.39 is 10.0 Å². The Morgan fingerprint density at radius 1 is 0.950 bits per heavy atom. The average molecular weight is 290 g/mol. The zero-order chi connectivity index (χ0) is 14.9. The van der Waals surface area contributed by atoms with Crippen LogP contribution in [0.3, 0.4) is 0 Å². The largest absolute Gasteiger partial charge is 0.263 e. The Hall–Kier alpha value is -1.88. The maximum atomic E-state index is 12.4. The molecule has 1 aromatic heterocycles. The molecule has 2 rings (SSSR count). The van der Waals surface area contributed by atoms with Crippen LogP contribution in [0.15, 0.2) is 35.4 Å². The molecule has 0 spiro atoms. The van der Waals surface area contributed by atoms with Crippen molar-refractivity contribution in [2.45, 2.75) is 32.6 Å². The molecule has 2 aromatic rings. The van der Waals surface area contributed by atoms with Crippen molar-refractivity contribution in [1.82, 2.24) is 4.98 Å². The predicted molar refractivity (Wildman–Crippen MR) is 80.4 cm³/mol. The maximum Gasteiger partial charge on any atom is 0.263 e. The van der Waals surface area contributed by atoms with Gasteiger partial charge in [0.25, 0.3) is 10.0 Å². The molecule has 0 bridgehead atoms. The van der Waals surface area contributed by atoms with Crippen molar-refractivity contribution in [2.75, 3.05) is 4.72 Å². The van der Waals surface area contributed by atoms with Crippen LogP contribution in [0.2, 0.25) is 0 Å². The summed E-state index contributed by atoms with van der Waals surface area (Å²) >= 11 is 0. The van der Waals surface area contributed by atoms with Gasteiger partial charge < -0.3 is 0 Å². The van der Waals surface area contributed by atoms with Gasteiger partial charge in [-0.2, -0.15) is 0 Å². The van der Waals surface area contributed by atoms with Crippen molar-refractivity contribution >= 4 is 15.8 Å². The SMILES string of the molecule is Cc1ccc(NS(=O)(=O)c2cc(C)c(C)cc2C)nc1. The van der Waals surface area contributed by atoms with E-state index in [4.69, 9.17) is 0 Å². The Kier molecular flexibility index (Phi) is 3.81. The molecule has 0 radical (unpaired) electrons. The number of benzene rings is 1. The zero-order valence-electron chi connectivity index (χ0n) is 12.1. The van der Waals surface area contributed by atoms with Crippen LogP contribution < -0.4 is 4.72 Å². The van der Waals surface area contributed by atoms with Crippen LogP contribution in [0.4, 0.5) is 5.82 Å². The molecular weight excluding hydrogens is 272 g/mol. The Bertz CT molecular complexity index is 735. The van der Waals surface area contributed by atoms with E-state index in [1.165, 1.54) is 0 Å². The van der Waals surface area contributed by atoms with Gasteiger partial charge in [-0.15, -0.1) is 0 Å². The number of hydrogen-bond donors (Lipinski definition) is 1. The summed E-state index contributed by atoms with van der Waals surface area (Å²) in [5, 5.41) is 0. The van der Waals surface area contributed by atoms with E-state index in [0.717, 1.165) is 22.3 Å². The molecule has 0 saturated heterocycles. The number of nitrogens with zero attached hydrogens (tertiary/aromatic N) is 1. The summed E-state index contributed by atoms with van der Waals surface area (Å²) in [5.74, 6) is 0.327. The Morgan fingerprint density at radius 2 is 1.60 bits per heavy atom. The van der Waals surface area contributed by atoms with E-state index in [9.17, 15) is 8.42 Å². The molecule has 20 heavy (non-hydrogen) atoms. The lowest BCUT2D eigenvalue weighted by molar-refractivity contribution is 0.600. The van der Waals surface area contributed by atoms with E-state index in [-0.39, 0.29) is 0 Å². The molecule has 5 heteroatoms. The van der Waals surface area contributed by atoms with Crippen molar-refractivity contribution in [3.63, 3.8) is 0 Å². The Balaban J connectivity index is 2.40. The van der Waals surface area contributed by atoms with Crippen LogP contribution in [0, 0.1) is 27.7 Å². The second kappa shape index (κ2) is 5.25. The first kappa shape index (κ1) is 14.5. The Labute approximate surface area is 119 Å². The van der Waals surface area contributed by atoms with Crippen molar-refractivity contribution < 1.29 is 8.42 Å². The second-order valence-electron chi connectivity index (χ2n) is 5.03. The fraction of sp³-hybridized carbons (Fsp3) is 0.267. The molecule has 0 saturated carbocycles. The van der Waals surface area contributed by atoms with Gasteiger partial charge in [-0.1, -0.05) is 12.1 Å². The van der Waals surface area contributed by atoms with Crippen LogP contribution in [-0.4, -0.2) is 13.4 Å². The first-order valence-corrected chi connectivity index (χ1v) is 7.81. The van der Waals surface area contributed by atoms with E-state index in [1.54, 1.807) is 25.3 Å². The van der Waals surface area contributed by atoms with E-state index in [1.807, 2.05) is 32.9 Å². The van der Waals surface area contributed by atoms with Gasteiger partial charge in [-0.05, 0) is 62.1 Å². The lowest BCUT2D eigenvalue weighted by atomic mass is 10.1. The predicted octanol–water partition coefficient (Wildman–Crippen LogP) is 3.12. The number of aromatic nitrogens is 1. The molecule has 0 aliphatic rings. The van der Waals surface area contributed by atoms with Crippen LogP contribution in [0.5, 0.6) is 0 Å². The standard InChI is InChI=1S/C15H18N2O2S/c1-10-5-6-15(16-9-10)17-20(18,19)14-8-12(3)11(2)7-13(14)4/h5-9H,1-4H3,(H,16,17). The molecule has 0 atom stereocenters. The van der Waals surface area contributed by atoms with Gasteiger partial charge >= 0.3 is 0 Å². The number of hydrogen-bond acceptors (Lipinski definition) is 3. The van der Waals surface area contributed by atoms with Crippen LogP contribution in [-0.2, 0) is 10.0 Å². The van der Waals surface area contributed by atoms with Gasteiger partial charge in [0.05, 0.1) is 4.90 Å². The molecule has 0 aliphatic heterocycles. The highest BCUT2D eigenvalue weighted by Crippen LogP contribution is 2.22. The zero-order valence-corrected chi connectivity index (χ0v) is 12.9. The Morgan fingerprint density at radius 3 is 2.20 bits per heavy atom. The fourth-order valence-electron chi connectivity index (χ4n) is 1.94. The minimum atomic E-state index is -3.61.